The molecule has 1 aromatic carbocycles. The zero-order valence-corrected chi connectivity index (χ0v) is 19.0. The highest BCUT2D eigenvalue weighted by molar-refractivity contribution is 5.79. The Kier molecular flexibility index (Phi) is 5.55. The molecule has 4 heteroatoms. The molecule has 4 aliphatic rings. The van der Waals surface area contributed by atoms with E-state index in [-0.39, 0.29) is 11.3 Å². The predicted molar refractivity (Wildman–Crippen MR) is 123 cm³/mol. The molecule has 2 saturated carbocycles. The van der Waals surface area contributed by atoms with Crippen molar-refractivity contribution in [1.82, 2.24) is 9.80 Å². The van der Waals surface area contributed by atoms with E-state index in [4.69, 9.17) is 0 Å². The Morgan fingerprint density at radius 2 is 1.60 bits per heavy atom. The third-order valence-electron chi connectivity index (χ3n) is 8.30. The van der Waals surface area contributed by atoms with Gasteiger partial charge in [0.05, 0.1) is 0 Å². The summed E-state index contributed by atoms with van der Waals surface area (Å²) in [6.07, 6.45) is 10.3. The number of rotatable bonds is 3. The summed E-state index contributed by atoms with van der Waals surface area (Å²) in [4.78, 5) is 20.6. The highest BCUT2D eigenvalue weighted by Crippen LogP contribution is 2.38. The van der Waals surface area contributed by atoms with Crippen LogP contribution in [0.15, 0.2) is 18.2 Å². The van der Waals surface area contributed by atoms with Gasteiger partial charge < -0.3 is 9.80 Å². The summed E-state index contributed by atoms with van der Waals surface area (Å²) in [6.45, 7) is 10.9. The molecule has 0 spiro atoms. The number of carbonyl (C=O) groups is 1. The summed E-state index contributed by atoms with van der Waals surface area (Å²) in [5.74, 6) is 0.677. The maximum absolute atomic E-state index is 13.2. The van der Waals surface area contributed by atoms with Crippen LogP contribution >= 0.6 is 0 Å². The molecule has 164 valence electrons. The number of hydrogen-bond acceptors (Lipinski definition) is 3. The summed E-state index contributed by atoms with van der Waals surface area (Å²) in [6, 6.07) is 7.92. The van der Waals surface area contributed by atoms with E-state index < -0.39 is 0 Å². The lowest BCUT2D eigenvalue weighted by atomic mass is 9.78. The Morgan fingerprint density at radius 3 is 2.30 bits per heavy atom. The summed E-state index contributed by atoms with van der Waals surface area (Å²) < 4.78 is 0. The first kappa shape index (κ1) is 20.4. The standard InChI is InChI=1S/C26H39N3O/c1-26(2)19-29(25(30)20-7-3-4-8-20)18-21-17-23(11-12-24(21)26)28-15-13-27(14-16-28)22-9-5-6-10-22/h11-12,17,20,22H,3-10,13-16,18-19H2,1-2H3. The first-order valence-electron chi connectivity index (χ1n) is 12.4. The lowest BCUT2D eigenvalue weighted by Crippen LogP contribution is -2.50. The molecule has 2 aliphatic carbocycles. The molecule has 5 rings (SSSR count). The maximum atomic E-state index is 13.2. The Labute approximate surface area is 182 Å². The minimum Gasteiger partial charge on any atom is -0.369 e. The number of anilines is 1. The van der Waals surface area contributed by atoms with Crippen molar-refractivity contribution in [1.29, 1.82) is 0 Å². The second-order valence-corrected chi connectivity index (χ2v) is 10.9. The van der Waals surface area contributed by atoms with Crippen LogP contribution in [0, 0.1) is 5.92 Å². The topological polar surface area (TPSA) is 26.8 Å². The van der Waals surface area contributed by atoms with Gasteiger partial charge in [-0.2, -0.15) is 0 Å². The number of carbonyl (C=O) groups excluding carboxylic acids is 1. The molecule has 0 bridgehead atoms. The van der Waals surface area contributed by atoms with Crippen molar-refractivity contribution in [3.05, 3.63) is 29.3 Å². The fraction of sp³-hybridized carbons (Fsp3) is 0.731. The molecular weight excluding hydrogens is 370 g/mol. The fourth-order valence-corrected chi connectivity index (χ4v) is 6.59. The van der Waals surface area contributed by atoms with Crippen LogP contribution in [0.2, 0.25) is 0 Å². The average molecular weight is 410 g/mol. The second-order valence-electron chi connectivity index (χ2n) is 10.9. The van der Waals surface area contributed by atoms with Crippen LogP contribution in [0.1, 0.15) is 76.3 Å². The predicted octanol–water partition coefficient (Wildman–Crippen LogP) is 4.56. The van der Waals surface area contributed by atoms with Gasteiger partial charge in [0.1, 0.15) is 0 Å². The largest absolute Gasteiger partial charge is 0.369 e. The Bertz CT molecular complexity index is 768. The molecule has 30 heavy (non-hydrogen) atoms. The van der Waals surface area contributed by atoms with Crippen molar-refractivity contribution in [2.75, 3.05) is 37.6 Å². The minimum atomic E-state index is 0.0293. The lowest BCUT2D eigenvalue weighted by Gasteiger charge is -2.42. The normalized spacial score (nSPS) is 25.7. The molecule has 0 aromatic heterocycles. The van der Waals surface area contributed by atoms with Crippen LogP contribution in [0.4, 0.5) is 5.69 Å². The van der Waals surface area contributed by atoms with Crippen LogP contribution in [0.25, 0.3) is 0 Å². The first-order valence-corrected chi connectivity index (χ1v) is 12.4. The smallest absolute Gasteiger partial charge is 0.226 e. The molecule has 1 amide bonds. The number of fused-ring (bicyclic) bond motifs is 1. The highest BCUT2D eigenvalue weighted by atomic mass is 16.2. The molecule has 4 nitrogen and oxygen atoms in total. The number of nitrogens with zero attached hydrogens (tertiary/aromatic N) is 3. The van der Waals surface area contributed by atoms with E-state index in [9.17, 15) is 4.79 Å². The molecular formula is C26H39N3O. The van der Waals surface area contributed by atoms with Gasteiger partial charge in [0.15, 0.2) is 0 Å². The number of benzene rings is 1. The highest BCUT2D eigenvalue weighted by Gasteiger charge is 2.37. The van der Waals surface area contributed by atoms with Crippen LogP contribution in [-0.2, 0) is 16.8 Å². The molecule has 0 radical (unpaired) electrons. The number of hydrogen-bond donors (Lipinski definition) is 0. The van der Waals surface area contributed by atoms with Crippen LogP contribution < -0.4 is 4.90 Å². The van der Waals surface area contributed by atoms with Crippen molar-refractivity contribution in [3.63, 3.8) is 0 Å². The van der Waals surface area contributed by atoms with Crippen molar-refractivity contribution in [2.24, 2.45) is 5.92 Å². The SMILES string of the molecule is CC1(C)CN(C(=O)C2CCCC2)Cc2cc(N3CCN(C4CCCC4)CC3)ccc21. The van der Waals surface area contributed by atoms with Gasteiger partial charge in [-0.05, 0) is 48.9 Å². The molecule has 2 aliphatic heterocycles. The molecule has 0 unspecified atom stereocenters. The van der Waals surface area contributed by atoms with Crippen LogP contribution in [0.5, 0.6) is 0 Å². The quantitative estimate of drug-likeness (QED) is 0.732. The van der Waals surface area contributed by atoms with Gasteiger partial charge in [0.2, 0.25) is 5.91 Å². The van der Waals surface area contributed by atoms with Crippen LogP contribution in [0.3, 0.4) is 0 Å². The Balaban J connectivity index is 1.30. The second kappa shape index (κ2) is 8.18. The van der Waals surface area contributed by atoms with Crippen molar-refractivity contribution in [2.45, 2.75) is 83.2 Å². The third-order valence-corrected chi connectivity index (χ3v) is 8.30. The van der Waals surface area contributed by atoms with Crippen molar-refractivity contribution < 1.29 is 4.79 Å². The lowest BCUT2D eigenvalue weighted by molar-refractivity contribution is -0.137. The molecule has 3 fully saturated rings. The van der Waals surface area contributed by atoms with E-state index in [1.54, 1.807) is 0 Å². The third kappa shape index (κ3) is 3.88. The summed E-state index contributed by atoms with van der Waals surface area (Å²) in [5.41, 5.74) is 4.19. The van der Waals surface area contributed by atoms with Gasteiger partial charge in [0, 0.05) is 62.3 Å². The zero-order valence-electron chi connectivity index (χ0n) is 19.0. The van der Waals surface area contributed by atoms with Gasteiger partial charge >= 0.3 is 0 Å². The monoisotopic (exact) mass is 409 g/mol. The molecule has 1 aromatic rings. The van der Waals surface area contributed by atoms with E-state index in [0.29, 0.717) is 5.91 Å². The Morgan fingerprint density at radius 1 is 0.933 bits per heavy atom. The van der Waals surface area contributed by atoms with E-state index in [1.165, 1.54) is 68.4 Å². The van der Waals surface area contributed by atoms with Gasteiger partial charge in [0.25, 0.3) is 0 Å². The van der Waals surface area contributed by atoms with Crippen LogP contribution in [-0.4, -0.2) is 54.5 Å². The van der Waals surface area contributed by atoms with Gasteiger partial charge in [-0.1, -0.05) is 45.6 Å². The van der Waals surface area contributed by atoms with Gasteiger partial charge in [-0.15, -0.1) is 0 Å². The summed E-state index contributed by atoms with van der Waals surface area (Å²) in [7, 11) is 0. The number of piperazine rings is 1. The zero-order chi connectivity index (χ0) is 20.7. The van der Waals surface area contributed by atoms with Gasteiger partial charge in [-0.3, -0.25) is 9.69 Å². The van der Waals surface area contributed by atoms with Crippen molar-refractivity contribution in [3.8, 4) is 0 Å². The molecule has 1 saturated heterocycles. The average Bonchev–Trinajstić information content (AvgIpc) is 3.47. The molecule has 2 heterocycles. The molecule has 0 N–H and O–H groups in total. The van der Waals surface area contributed by atoms with Gasteiger partial charge in [-0.25, -0.2) is 0 Å². The Hall–Kier alpha value is -1.55. The van der Waals surface area contributed by atoms with Crippen molar-refractivity contribution >= 4 is 11.6 Å². The number of amides is 1. The minimum absolute atomic E-state index is 0.0293. The summed E-state index contributed by atoms with van der Waals surface area (Å²) >= 11 is 0. The first-order chi connectivity index (χ1) is 14.5. The maximum Gasteiger partial charge on any atom is 0.226 e. The van der Waals surface area contributed by atoms with E-state index in [2.05, 4.69) is 46.7 Å². The van der Waals surface area contributed by atoms with E-state index >= 15 is 0 Å². The summed E-state index contributed by atoms with van der Waals surface area (Å²) in [5, 5.41) is 0. The fourth-order valence-electron chi connectivity index (χ4n) is 6.59. The molecule has 0 atom stereocenters. The van der Waals surface area contributed by atoms with E-state index in [1.807, 2.05) is 0 Å². The van der Waals surface area contributed by atoms with E-state index in [0.717, 1.165) is 45.1 Å².